The van der Waals surface area contributed by atoms with Gasteiger partial charge in [0.2, 0.25) is 0 Å². The fourth-order valence-electron chi connectivity index (χ4n) is 2.06. The molecule has 0 aliphatic rings. The Morgan fingerprint density at radius 2 is 1.90 bits per heavy atom. The number of rotatable bonds is 4. The number of nitrogens with zero attached hydrogens (tertiary/aromatic N) is 1. The Balaban J connectivity index is 2.46. The van der Waals surface area contributed by atoms with Crippen LogP contribution in [0, 0.1) is 6.92 Å². The van der Waals surface area contributed by atoms with Gasteiger partial charge in [0.25, 0.3) is 0 Å². The van der Waals surface area contributed by atoms with Gasteiger partial charge in [-0.1, -0.05) is 18.2 Å². The van der Waals surface area contributed by atoms with E-state index in [0.29, 0.717) is 5.56 Å². The molecule has 0 aliphatic heterocycles. The maximum absolute atomic E-state index is 12.5. The smallest absolute Gasteiger partial charge is 0.405 e. The Morgan fingerprint density at radius 3 is 2.52 bits per heavy atom. The van der Waals surface area contributed by atoms with Crippen molar-refractivity contribution in [3.8, 4) is 5.75 Å². The monoisotopic (exact) mass is 297 g/mol. The number of benzene rings is 1. The predicted octanol–water partition coefficient (Wildman–Crippen LogP) is 2.84. The highest BCUT2D eigenvalue weighted by molar-refractivity contribution is 5.43. The van der Waals surface area contributed by atoms with Crippen molar-refractivity contribution in [2.45, 2.75) is 19.3 Å². The van der Waals surface area contributed by atoms with Crippen LogP contribution in [-0.2, 0) is 0 Å². The minimum absolute atomic E-state index is 0.286. The van der Waals surface area contributed by atoms with E-state index in [9.17, 15) is 13.2 Å². The first kappa shape index (κ1) is 15.3. The maximum atomic E-state index is 12.5. The Hall–Kier alpha value is -2.12. The molecule has 1 aromatic carbocycles. The summed E-state index contributed by atoms with van der Waals surface area (Å²) in [6.45, 7) is 1.83. The van der Waals surface area contributed by atoms with E-state index in [2.05, 4.69) is 15.1 Å². The van der Waals surface area contributed by atoms with Crippen molar-refractivity contribution >= 4 is 0 Å². The third-order valence-corrected chi connectivity index (χ3v) is 3.01. The van der Waals surface area contributed by atoms with Crippen molar-refractivity contribution in [3.05, 3.63) is 59.4 Å². The lowest BCUT2D eigenvalue weighted by Gasteiger charge is -2.21. The Morgan fingerprint density at radius 1 is 1.19 bits per heavy atom. The highest BCUT2D eigenvalue weighted by Gasteiger charge is 2.33. The first-order chi connectivity index (χ1) is 9.92. The predicted molar refractivity (Wildman–Crippen MR) is 71.3 cm³/mol. The number of hydrogen-bond acceptors (Lipinski definition) is 4. The van der Waals surface area contributed by atoms with E-state index in [0.717, 1.165) is 5.56 Å². The van der Waals surface area contributed by atoms with Gasteiger partial charge in [-0.2, -0.15) is 0 Å². The molecule has 1 aromatic heterocycles. The van der Waals surface area contributed by atoms with E-state index in [-0.39, 0.29) is 11.3 Å². The summed E-state index contributed by atoms with van der Waals surface area (Å²) in [5.74, 6) is 5.23. The number of halogens is 3. The molecule has 1 atom stereocenters. The van der Waals surface area contributed by atoms with Gasteiger partial charge in [-0.15, -0.1) is 13.2 Å². The van der Waals surface area contributed by atoms with Crippen LogP contribution in [0.5, 0.6) is 5.75 Å². The van der Waals surface area contributed by atoms with Gasteiger partial charge in [0.05, 0.1) is 6.04 Å². The first-order valence-corrected chi connectivity index (χ1v) is 6.13. The normalized spacial score (nSPS) is 13.0. The molecule has 112 valence electrons. The number of nitrogens with one attached hydrogen (secondary N) is 1. The SMILES string of the molecule is Cc1ccncc1C(NN)c1ccccc1OC(F)(F)F. The van der Waals surface area contributed by atoms with E-state index in [1.807, 2.05) is 6.92 Å². The lowest BCUT2D eigenvalue weighted by molar-refractivity contribution is -0.275. The van der Waals surface area contributed by atoms with Gasteiger partial charge in [0, 0.05) is 18.0 Å². The minimum atomic E-state index is -4.76. The van der Waals surface area contributed by atoms with Crippen LogP contribution in [0.2, 0.25) is 0 Å². The molecule has 0 spiro atoms. The zero-order chi connectivity index (χ0) is 15.5. The van der Waals surface area contributed by atoms with Crippen molar-refractivity contribution in [1.82, 2.24) is 10.4 Å². The molecule has 21 heavy (non-hydrogen) atoms. The lowest BCUT2D eigenvalue weighted by Crippen LogP contribution is -2.30. The summed E-state index contributed by atoms with van der Waals surface area (Å²) >= 11 is 0. The molecule has 0 saturated carbocycles. The number of aryl methyl sites for hydroxylation is 1. The number of para-hydroxylation sites is 1. The molecule has 0 saturated heterocycles. The van der Waals surface area contributed by atoms with Gasteiger partial charge in [0.15, 0.2) is 0 Å². The molecular weight excluding hydrogens is 283 g/mol. The zero-order valence-corrected chi connectivity index (χ0v) is 11.2. The van der Waals surface area contributed by atoms with Crippen LogP contribution in [0.25, 0.3) is 0 Å². The van der Waals surface area contributed by atoms with Gasteiger partial charge in [-0.25, -0.2) is 5.43 Å². The van der Waals surface area contributed by atoms with Crippen LogP contribution < -0.4 is 16.0 Å². The number of nitrogens with two attached hydrogens (primary N) is 1. The van der Waals surface area contributed by atoms with E-state index in [1.54, 1.807) is 24.5 Å². The molecule has 0 fully saturated rings. The summed E-state index contributed by atoms with van der Waals surface area (Å²) in [7, 11) is 0. The van der Waals surface area contributed by atoms with Gasteiger partial charge < -0.3 is 4.74 Å². The fourth-order valence-corrected chi connectivity index (χ4v) is 2.06. The Bertz CT molecular complexity index is 616. The van der Waals surface area contributed by atoms with Gasteiger partial charge in [-0.05, 0) is 30.2 Å². The number of aromatic nitrogens is 1. The van der Waals surface area contributed by atoms with E-state index < -0.39 is 12.4 Å². The summed E-state index contributed by atoms with van der Waals surface area (Å²) in [5, 5.41) is 0. The van der Waals surface area contributed by atoms with Crippen LogP contribution in [0.1, 0.15) is 22.7 Å². The highest BCUT2D eigenvalue weighted by atomic mass is 19.4. The fraction of sp³-hybridized carbons (Fsp3) is 0.214. The number of hydrazine groups is 1. The average Bonchev–Trinajstić information content (AvgIpc) is 2.42. The van der Waals surface area contributed by atoms with Crippen molar-refractivity contribution < 1.29 is 17.9 Å². The van der Waals surface area contributed by atoms with Crippen LogP contribution in [0.3, 0.4) is 0 Å². The number of alkyl halides is 3. The average molecular weight is 297 g/mol. The molecule has 2 aromatic rings. The summed E-state index contributed by atoms with van der Waals surface area (Å²) in [4.78, 5) is 3.99. The second-order valence-corrected chi connectivity index (χ2v) is 4.42. The minimum Gasteiger partial charge on any atom is -0.405 e. The van der Waals surface area contributed by atoms with E-state index in [4.69, 9.17) is 5.84 Å². The van der Waals surface area contributed by atoms with Gasteiger partial charge >= 0.3 is 6.36 Å². The van der Waals surface area contributed by atoms with Gasteiger partial charge in [-0.3, -0.25) is 10.8 Å². The third-order valence-electron chi connectivity index (χ3n) is 3.01. The molecule has 2 rings (SSSR count). The quantitative estimate of drug-likeness (QED) is 0.673. The largest absolute Gasteiger partial charge is 0.573 e. The number of hydrogen-bond donors (Lipinski definition) is 2. The van der Waals surface area contributed by atoms with Crippen LogP contribution in [0.4, 0.5) is 13.2 Å². The van der Waals surface area contributed by atoms with Crippen LogP contribution >= 0.6 is 0 Å². The summed E-state index contributed by atoms with van der Waals surface area (Å²) in [6, 6.07) is 6.96. The highest BCUT2D eigenvalue weighted by Crippen LogP contribution is 2.33. The van der Waals surface area contributed by atoms with E-state index in [1.165, 1.54) is 18.2 Å². The van der Waals surface area contributed by atoms with Gasteiger partial charge in [0.1, 0.15) is 5.75 Å². The molecule has 4 nitrogen and oxygen atoms in total. The maximum Gasteiger partial charge on any atom is 0.573 e. The van der Waals surface area contributed by atoms with Crippen molar-refractivity contribution in [2.24, 2.45) is 5.84 Å². The molecular formula is C14H14F3N3O. The molecule has 1 unspecified atom stereocenters. The molecule has 7 heteroatoms. The standard InChI is InChI=1S/C14H14F3N3O/c1-9-6-7-19-8-11(9)13(20-18)10-4-2-3-5-12(10)21-14(15,16)17/h2-8,13,20H,18H2,1H3. The zero-order valence-electron chi connectivity index (χ0n) is 11.2. The molecule has 0 aliphatic carbocycles. The lowest BCUT2D eigenvalue weighted by atomic mass is 9.96. The van der Waals surface area contributed by atoms with Crippen LogP contribution in [-0.4, -0.2) is 11.3 Å². The summed E-state index contributed by atoms with van der Waals surface area (Å²) in [5.41, 5.74) is 4.34. The number of ether oxygens (including phenoxy) is 1. The topological polar surface area (TPSA) is 60.2 Å². The molecule has 0 bridgehead atoms. The van der Waals surface area contributed by atoms with Crippen molar-refractivity contribution in [3.63, 3.8) is 0 Å². The Kier molecular flexibility index (Phi) is 4.44. The third kappa shape index (κ3) is 3.71. The second kappa shape index (κ2) is 6.11. The second-order valence-electron chi connectivity index (χ2n) is 4.42. The summed E-state index contributed by atoms with van der Waals surface area (Å²) < 4.78 is 41.5. The van der Waals surface area contributed by atoms with E-state index >= 15 is 0 Å². The first-order valence-electron chi connectivity index (χ1n) is 6.13. The molecule has 0 amide bonds. The number of pyridine rings is 1. The molecule has 3 N–H and O–H groups in total. The molecule has 1 heterocycles. The molecule has 0 radical (unpaired) electrons. The Labute approximate surface area is 119 Å². The van der Waals surface area contributed by atoms with Crippen molar-refractivity contribution in [1.29, 1.82) is 0 Å². The van der Waals surface area contributed by atoms with Crippen LogP contribution in [0.15, 0.2) is 42.7 Å². The van der Waals surface area contributed by atoms with Crippen molar-refractivity contribution in [2.75, 3.05) is 0 Å². The summed E-state index contributed by atoms with van der Waals surface area (Å²) in [6.07, 6.45) is -1.60.